The molecule has 0 bridgehead atoms. The third-order valence-electron chi connectivity index (χ3n) is 3.54. The summed E-state index contributed by atoms with van der Waals surface area (Å²) >= 11 is 0. The van der Waals surface area contributed by atoms with Crippen molar-refractivity contribution in [2.75, 3.05) is 5.32 Å². The zero-order chi connectivity index (χ0) is 15.7. The zero-order valence-electron chi connectivity index (χ0n) is 12.3. The Labute approximate surface area is 127 Å². The Morgan fingerprint density at radius 2 is 1.82 bits per heavy atom. The van der Waals surface area contributed by atoms with Gasteiger partial charge < -0.3 is 5.32 Å². The molecule has 5 heteroatoms. The average molecular weight is 293 g/mol. The molecule has 5 nitrogen and oxygen atoms in total. The highest BCUT2D eigenvalue weighted by molar-refractivity contribution is 6.11. The van der Waals surface area contributed by atoms with Crippen LogP contribution in [0.2, 0.25) is 0 Å². The van der Waals surface area contributed by atoms with Gasteiger partial charge in [-0.15, -0.1) is 0 Å². The normalized spacial score (nSPS) is 10.6. The number of amides is 1. The van der Waals surface area contributed by atoms with Crippen LogP contribution in [-0.2, 0) is 0 Å². The van der Waals surface area contributed by atoms with Gasteiger partial charge in [-0.05, 0) is 31.5 Å². The standard InChI is InChI=1S/C17H15N3O2/c1-10-7-8-14(11(2)9-10)18-17(22)15-12-5-3-4-6-13(12)16(21)20-19-15/h3-9H,1-2H3,(H,18,22)(H,20,21). The Bertz CT molecular complexity index is 929. The quantitative estimate of drug-likeness (QED) is 0.763. The summed E-state index contributed by atoms with van der Waals surface area (Å²) in [6.07, 6.45) is 0. The fourth-order valence-corrected chi connectivity index (χ4v) is 2.42. The van der Waals surface area contributed by atoms with E-state index in [1.807, 2.05) is 32.0 Å². The molecule has 0 aliphatic rings. The number of aromatic amines is 1. The molecule has 110 valence electrons. The molecule has 0 unspecified atom stereocenters. The van der Waals surface area contributed by atoms with Crippen LogP contribution in [0.4, 0.5) is 5.69 Å². The van der Waals surface area contributed by atoms with Crippen LogP contribution >= 0.6 is 0 Å². The van der Waals surface area contributed by atoms with Gasteiger partial charge in [-0.2, -0.15) is 5.10 Å². The maximum atomic E-state index is 12.5. The molecule has 0 saturated heterocycles. The molecule has 0 aliphatic heterocycles. The predicted molar refractivity (Wildman–Crippen MR) is 86.2 cm³/mol. The number of aromatic nitrogens is 2. The Hall–Kier alpha value is -2.95. The van der Waals surface area contributed by atoms with Crippen LogP contribution in [0.1, 0.15) is 21.6 Å². The van der Waals surface area contributed by atoms with Crippen molar-refractivity contribution in [3.8, 4) is 0 Å². The molecule has 1 amide bonds. The number of hydrogen-bond donors (Lipinski definition) is 2. The van der Waals surface area contributed by atoms with Gasteiger partial charge in [-0.1, -0.05) is 35.9 Å². The zero-order valence-corrected chi connectivity index (χ0v) is 12.3. The van der Waals surface area contributed by atoms with Crippen molar-refractivity contribution >= 4 is 22.4 Å². The Balaban J connectivity index is 2.03. The van der Waals surface area contributed by atoms with Crippen LogP contribution in [-0.4, -0.2) is 16.1 Å². The lowest BCUT2D eigenvalue weighted by molar-refractivity contribution is 0.102. The Kier molecular flexibility index (Phi) is 3.47. The van der Waals surface area contributed by atoms with E-state index in [1.54, 1.807) is 24.3 Å². The third kappa shape index (κ3) is 2.48. The molecule has 0 atom stereocenters. The summed E-state index contributed by atoms with van der Waals surface area (Å²) < 4.78 is 0. The van der Waals surface area contributed by atoms with Crippen molar-refractivity contribution in [3.63, 3.8) is 0 Å². The smallest absolute Gasteiger partial charge is 0.276 e. The highest BCUT2D eigenvalue weighted by atomic mass is 16.2. The van der Waals surface area contributed by atoms with Crippen LogP contribution in [0.25, 0.3) is 10.8 Å². The molecule has 0 radical (unpaired) electrons. The maximum absolute atomic E-state index is 12.5. The summed E-state index contributed by atoms with van der Waals surface area (Å²) in [5.74, 6) is -0.348. The van der Waals surface area contributed by atoms with E-state index in [2.05, 4.69) is 15.5 Å². The van der Waals surface area contributed by atoms with Crippen LogP contribution in [0.15, 0.2) is 47.3 Å². The fraction of sp³-hybridized carbons (Fsp3) is 0.118. The predicted octanol–water partition coefficient (Wildman–Crippen LogP) is 2.79. The van der Waals surface area contributed by atoms with Crippen LogP contribution in [0, 0.1) is 13.8 Å². The van der Waals surface area contributed by atoms with Gasteiger partial charge in [0, 0.05) is 11.1 Å². The summed E-state index contributed by atoms with van der Waals surface area (Å²) in [5.41, 5.74) is 2.73. The van der Waals surface area contributed by atoms with Crippen LogP contribution in [0.3, 0.4) is 0 Å². The highest BCUT2D eigenvalue weighted by Crippen LogP contribution is 2.18. The first-order chi connectivity index (χ1) is 10.6. The lowest BCUT2D eigenvalue weighted by Gasteiger charge is -2.09. The van der Waals surface area contributed by atoms with Gasteiger partial charge in [-0.25, -0.2) is 5.10 Å². The number of nitrogens with zero attached hydrogens (tertiary/aromatic N) is 1. The van der Waals surface area contributed by atoms with Gasteiger partial charge in [-0.3, -0.25) is 9.59 Å². The van der Waals surface area contributed by atoms with E-state index in [0.29, 0.717) is 10.8 Å². The van der Waals surface area contributed by atoms with Crippen molar-refractivity contribution in [1.29, 1.82) is 0 Å². The number of aryl methyl sites for hydroxylation is 2. The van der Waals surface area contributed by atoms with E-state index in [0.717, 1.165) is 16.8 Å². The summed E-state index contributed by atoms with van der Waals surface area (Å²) in [4.78, 5) is 24.2. The molecular weight excluding hydrogens is 278 g/mol. The fourth-order valence-electron chi connectivity index (χ4n) is 2.42. The third-order valence-corrected chi connectivity index (χ3v) is 3.54. The Morgan fingerprint density at radius 1 is 1.09 bits per heavy atom. The second kappa shape index (κ2) is 5.44. The summed E-state index contributed by atoms with van der Waals surface area (Å²) in [6.45, 7) is 3.93. The molecule has 2 N–H and O–H groups in total. The molecule has 0 spiro atoms. The molecular formula is C17H15N3O2. The van der Waals surface area contributed by atoms with E-state index in [9.17, 15) is 9.59 Å². The van der Waals surface area contributed by atoms with Crippen molar-refractivity contribution < 1.29 is 4.79 Å². The van der Waals surface area contributed by atoms with E-state index < -0.39 is 0 Å². The largest absolute Gasteiger partial charge is 0.320 e. The minimum absolute atomic E-state index is 0.204. The van der Waals surface area contributed by atoms with Crippen LogP contribution < -0.4 is 10.9 Å². The lowest BCUT2D eigenvalue weighted by atomic mass is 10.1. The molecule has 0 aliphatic carbocycles. The van der Waals surface area contributed by atoms with Gasteiger partial charge in [0.05, 0.1) is 5.39 Å². The molecule has 0 saturated carbocycles. The first kappa shape index (κ1) is 14.0. The Morgan fingerprint density at radius 3 is 2.55 bits per heavy atom. The topological polar surface area (TPSA) is 74.8 Å². The SMILES string of the molecule is Cc1ccc(NC(=O)c2n[nH]c(=O)c3ccccc23)c(C)c1. The van der Waals surface area contributed by atoms with Gasteiger partial charge in [0.25, 0.3) is 11.5 Å². The number of anilines is 1. The number of carbonyl (C=O) groups excluding carboxylic acids is 1. The molecule has 22 heavy (non-hydrogen) atoms. The molecule has 1 aromatic heterocycles. The van der Waals surface area contributed by atoms with E-state index in [4.69, 9.17) is 0 Å². The van der Waals surface area contributed by atoms with E-state index in [1.165, 1.54) is 0 Å². The summed E-state index contributed by atoms with van der Waals surface area (Å²) in [7, 11) is 0. The molecule has 0 fully saturated rings. The number of rotatable bonds is 2. The van der Waals surface area contributed by atoms with Gasteiger partial charge in [0.1, 0.15) is 0 Å². The number of fused-ring (bicyclic) bond motifs is 1. The lowest BCUT2D eigenvalue weighted by Crippen LogP contribution is -2.19. The second-order valence-electron chi connectivity index (χ2n) is 5.22. The van der Waals surface area contributed by atoms with Gasteiger partial charge in [0.2, 0.25) is 0 Å². The van der Waals surface area contributed by atoms with E-state index >= 15 is 0 Å². The molecule has 3 rings (SSSR count). The maximum Gasteiger partial charge on any atom is 0.276 e. The average Bonchev–Trinajstić information content (AvgIpc) is 2.50. The number of carbonyl (C=O) groups is 1. The monoisotopic (exact) mass is 293 g/mol. The van der Waals surface area contributed by atoms with Crippen molar-refractivity contribution in [1.82, 2.24) is 10.2 Å². The number of benzene rings is 2. The number of H-pyrrole nitrogens is 1. The second-order valence-corrected chi connectivity index (χ2v) is 5.22. The molecule has 2 aromatic carbocycles. The highest BCUT2D eigenvalue weighted by Gasteiger charge is 2.14. The van der Waals surface area contributed by atoms with Crippen LogP contribution in [0.5, 0.6) is 0 Å². The summed E-state index contributed by atoms with van der Waals surface area (Å²) in [5, 5.41) is 10.1. The first-order valence-corrected chi connectivity index (χ1v) is 6.92. The van der Waals surface area contributed by atoms with E-state index in [-0.39, 0.29) is 17.2 Å². The summed E-state index contributed by atoms with van der Waals surface area (Å²) in [6, 6.07) is 12.7. The molecule has 1 heterocycles. The minimum Gasteiger partial charge on any atom is -0.320 e. The molecule has 3 aromatic rings. The van der Waals surface area contributed by atoms with Crippen molar-refractivity contribution in [2.45, 2.75) is 13.8 Å². The first-order valence-electron chi connectivity index (χ1n) is 6.92. The van der Waals surface area contributed by atoms with Crippen molar-refractivity contribution in [3.05, 3.63) is 69.6 Å². The van der Waals surface area contributed by atoms with Gasteiger partial charge >= 0.3 is 0 Å². The number of nitrogens with one attached hydrogen (secondary N) is 2. The minimum atomic E-state index is -0.348. The van der Waals surface area contributed by atoms with Crippen molar-refractivity contribution in [2.24, 2.45) is 0 Å². The van der Waals surface area contributed by atoms with Gasteiger partial charge in [0.15, 0.2) is 5.69 Å². The number of hydrogen-bond acceptors (Lipinski definition) is 3.